The number of halogens is 1. The molecule has 1 aliphatic heterocycles. The summed E-state index contributed by atoms with van der Waals surface area (Å²) in [5, 5.41) is 13.6. The molecule has 0 saturated carbocycles. The van der Waals surface area contributed by atoms with Crippen LogP contribution in [0.5, 0.6) is 0 Å². The van der Waals surface area contributed by atoms with Crippen LogP contribution in [0.4, 0.5) is 4.39 Å². The summed E-state index contributed by atoms with van der Waals surface area (Å²) in [6.07, 6.45) is 2.09. The minimum absolute atomic E-state index is 0.0327. The maximum atomic E-state index is 13.0. The van der Waals surface area contributed by atoms with Crippen molar-refractivity contribution in [3.05, 3.63) is 59.2 Å². The summed E-state index contributed by atoms with van der Waals surface area (Å²) < 4.78 is 18.5. The molecule has 0 saturated heterocycles. The summed E-state index contributed by atoms with van der Waals surface area (Å²) in [7, 11) is 3.25. The highest BCUT2D eigenvalue weighted by Gasteiger charge is 2.33. The van der Waals surface area contributed by atoms with Crippen LogP contribution in [0.1, 0.15) is 24.3 Å². The average molecular weight is 341 g/mol. The largest absolute Gasteiger partial charge is 0.419 e. The molecular weight excluding hydrogens is 325 g/mol. The van der Waals surface area contributed by atoms with Gasteiger partial charge in [0.15, 0.2) is 5.71 Å². The number of benzene rings is 1. The minimum Gasteiger partial charge on any atom is -0.419 e. The fraction of sp³-hybridized carbons (Fsp3) is 0.235. The number of aliphatic imine (C=N–C) groups is 1. The molecular formula is C17H16FN5O2. The Kier molecular flexibility index (Phi) is 4.51. The zero-order valence-corrected chi connectivity index (χ0v) is 14.0. The van der Waals surface area contributed by atoms with Crippen molar-refractivity contribution in [2.75, 3.05) is 14.1 Å². The number of carbonyl (C=O) groups is 1. The first-order valence-corrected chi connectivity index (χ1v) is 7.61. The highest BCUT2D eigenvalue weighted by Crippen LogP contribution is 2.17. The number of hydrogen-bond acceptors (Lipinski definition) is 7. The van der Waals surface area contributed by atoms with Crippen molar-refractivity contribution in [1.29, 1.82) is 0 Å². The highest BCUT2D eigenvalue weighted by atomic mass is 19.1. The van der Waals surface area contributed by atoms with Crippen LogP contribution < -0.4 is 0 Å². The van der Waals surface area contributed by atoms with E-state index in [1.165, 1.54) is 12.1 Å². The highest BCUT2D eigenvalue weighted by molar-refractivity contribution is 6.72. The predicted molar refractivity (Wildman–Crippen MR) is 89.9 cm³/mol. The lowest BCUT2D eigenvalue weighted by atomic mass is 10.1. The van der Waals surface area contributed by atoms with Gasteiger partial charge in [0.1, 0.15) is 11.5 Å². The Morgan fingerprint density at radius 2 is 2.00 bits per heavy atom. The van der Waals surface area contributed by atoms with Crippen LogP contribution in [0.2, 0.25) is 0 Å². The van der Waals surface area contributed by atoms with Gasteiger partial charge in [0.25, 0.3) is 5.89 Å². The molecule has 25 heavy (non-hydrogen) atoms. The van der Waals surface area contributed by atoms with Gasteiger partial charge in [-0.05, 0) is 24.6 Å². The van der Waals surface area contributed by atoms with Gasteiger partial charge in [0.05, 0.1) is 12.1 Å². The lowest BCUT2D eigenvalue weighted by Gasteiger charge is -2.23. The fourth-order valence-corrected chi connectivity index (χ4v) is 2.51. The van der Waals surface area contributed by atoms with Crippen LogP contribution in [-0.2, 0) is 11.2 Å². The predicted octanol–water partition coefficient (Wildman–Crippen LogP) is 1.99. The van der Waals surface area contributed by atoms with Crippen LogP contribution in [0.25, 0.3) is 0 Å². The van der Waals surface area contributed by atoms with Gasteiger partial charge < -0.3 is 4.42 Å². The van der Waals surface area contributed by atoms with Gasteiger partial charge in [-0.1, -0.05) is 18.2 Å². The SMILES string of the molecule is CC=C1C(=NC)C(=O)C(c2nnc(Cc3ccc(F)cc3)o2)=NN1C. The summed E-state index contributed by atoms with van der Waals surface area (Å²) in [4.78, 5) is 16.6. The maximum Gasteiger partial charge on any atom is 0.272 e. The number of carbonyl (C=O) groups excluding carboxylic acids is 1. The van der Waals surface area contributed by atoms with Gasteiger partial charge in [-0.25, -0.2) is 4.39 Å². The molecule has 3 rings (SSSR count). The van der Waals surface area contributed by atoms with Crippen LogP contribution in [0.15, 0.2) is 50.5 Å². The van der Waals surface area contributed by atoms with E-state index in [1.54, 1.807) is 44.2 Å². The van der Waals surface area contributed by atoms with E-state index in [2.05, 4.69) is 20.3 Å². The summed E-state index contributed by atoms with van der Waals surface area (Å²) in [6.45, 7) is 1.80. The third-order valence-corrected chi connectivity index (χ3v) is 3.71. The molecule has 0 bridgehead atoms. The molecule has 2 aromatic rings. The third-order valence-electron chi connectivity index (χ3n) is 3.71. The molecule has 1 aromatic carbocycles. The lowest BCUT2D eigenvalue weighted by molar-refractivity contribution is -0.107. The number of hydrogen-bond donors (Lipinski definition) is 0. The summed E-state index contributed by atoms with van der Waals surface area (Å²) in [5.41, 5.74) is 1.76. The summed E-state index contributed by atoms with van der Waals surface area (Å²) in [5.74, 6) is -0.339. The van der Waals surface area contributed by atoms with Gasteiger partial charge in [-0.15, -0.1) is 10.2 Å². The fourth-order valence-electron chi connectivity index (χ4n) is 2.51. The van der Waals surface area contributed by atoms with Crippen LogP contribution in [0.3, 0.4) is 0 Å². The van der Waals surface area contributed by atoms with E-state index in [-0.39, 0.29) is 28.9 Å². The zero-order chi connectivity index (χ0) is 18.0. The normalized spacial score (nSPS) is 18.2. The lowest BCUT2D eigenvalue weighted by Crippen LogP contribution is -2.38. The van der Waals surface area contributed by atoms with Crippen LogP contribution >= 0.6 is 0 Å². The standard InChI is InChI=1S/C17H16FN5O2/c1-4-12-14(19-2)16(24)15(22-23(12)3)17-21-20-13(25-17)9-10-5-7-11(18)8-6-10/h4-8H,9H2,1-3H3. The number of ketones is 1. The molecule has 7 nitrogen and oxygen atoms in total. The van der Waals surface area contributed by atoms with Crippen LogP contribution in [-0.4, -0.2) is 46.5 Å². The molecule has 128 valence electrons. The van der Waals surface area contributed by atoms with Crippen molar-refractivity contribution in [3.63, 3.8) is 0 Å². The number of aromatic nitrogens is 2. The maximum absolute atomic E-state index is 13.0. The number of rotatable bonds is 3. The van der Waals surface area contributed by atoms with Crippen molar-refractivity contribution in [2.45, 2.75) is 13.3 Å². The first-order chi connectivity index (χ1) is 12.0. The molecule has 0 radical (unpaired) electrons. The second-order valence-electron chi connectivity index (χ2n) is 5.35. The van der Waals surface area contributed by atoms with E-state index in [0.717, 1.165) is 5.56 Å². The molecule has 0 amide bonds. The average Bonchev–Trinajstić information content (AvgIpc) is 3.06. The Balaban J connectivity index is 1.89. The second kappa shape index (κ2) is 6.76. The Morgan fingerprint density at radius 1 is 1.28 bits per heavy atom. The van der Waals surface area contributed by atoms with E-state index < -0.39 is 0 Å². The zero-order valence-electron chi connectivity index (χ0n) is 14.0. The molecule has 1 aliphatic rings. The third kappa shape index (κ3) is 3.23. The Morgan fingerprint density at radius 3 is 2.64 bits per heavy atom. The number of nitrogens with zero attached hydrogens (tertiary/aromatic N) is 5. The molecule has 1 aromatic heterocycles. The van der Waals surface area contributed by atoms with Gasteiger partial charge >= 0.3 is 0 Å². The molecule has 2 heterocycles. The Bertz CT molecular complexity index is 896. The summed E-state index contributed by atoms with van der Waals surface area (Å²) in [6, 6.07) is 5.99. The van der Waals surface area contributed by atoms with Crippen molar-refractivity contribution >= 4 is 17.2 Å². The first-order valence-electron chi connectivity index (χ1n) is 7.61. The molecule has 8 heteroatoms. The van der Waals surface area contributed by atoms with Gasteiger partial charge in [-0.2, -0.15) is 5.10 Å². The molecule has 0 atom stereocenters. The Labute approximate surface area is 143 Å². The first kappa shape index (κ1) is 16.7. The van der Waals surface area contributed by atoms with Gasteiger partial charge in [0, 0.05) is 14.1 Å². The van der Waals surface area contributed by atoms with Crippen LogP contribution in [0, 0.1) is 5.82 Å². The molecule has 0 unspecified atom stereocenters. The number of hydrazone groups is 1. The molecule has 0 spiro atoms. The van der Waals surface area contributed by atoms with E-state index >= 15 is 0 Å². The monoisotopic (exact) mass is 341 g/mol. The van der Waals surface area contributed by atoms with Gasteiger partial charge in [0.2, 0.25) is 11.7 Å². The van der Waals surface area contributed by atoms with Gasteiger partial charge in [-0.3, -0.25) is 14.8 Å². The molecule has 0 fully saturated rings. The van der Waals surface area contributed by atoms with E-state index in [0.29, 0.717) is 18.0 Å². The second-order valence-corrected chi connectivity index (χ2v) is 5.35. The van der Waals surface area contributed by atoms with Crippen molar-refractivity contribution in [2.24, 2.45) is 10.1 Å². The van der Waals surface area contributed by atoms with Crippen molar-refractivity contribution in [1.82, 2.24) is 15.2 Å². The topological polar surface area (TPSA) is 83.9 Å². The quantitative estimate of drug-likeness (QED) is 0.852. The summed E-state index contributed by atoms with van der Waals surface area (Å²) >= 11 is 0. The van der Waals surface area contributed by atoms with E-state index in [1.807, 2.05) is 0 Å². The molecule has 0 N–H and O–H groups in total. The van der Waals surface area contributed by atoms with Crippen molar-refractivity contribution in [3.8, 4) is 0 Å². The van der Waals surface area contributed by atoms with E-state index in [4.69, 9.17) is 4.42 Å². The Hall–Kier alpha value is -3.16. The van der Waals surface area contributed by atoms with Crippen molar-refractivity contribution < 1.29 is 13.6 Å². The smallest absolute Gasteiger partial charge is 0.272 e. The number of allylic oxidation sites excluding steroid dienone is 2. The van der Waals surface area contributed by atoms with E-state index in [9.17, 15) is 9.18 Å². The number of Topliss-reactive ketones (excluding diaryl/α,β-unsaturated/α-hetero) is 1. The molecule has 0 aliphatic carbocycles. The minimum atomic E-state index is -0.370.